The molecular weight excluding hydrogens is 184 g/mol. The Morgan fingerprint density at radius 1 is 1.46 bits per heavy atom. The fraction of sp³-hybridized carbons (Fsp3) is 0.800. The third-order valence-corrected chi connectivity index (χ3v) is 3.17. The summed E-state index contributed by atoms with van der Waals surface area (Å²) in [5, 5.41) is 3.46. The lowest BCUT2D eigenvalue weighted by Crippen LogP contribution is -2.52. The summed E-state index contributed by atoms with van der Waals surface area (Å²) in [7, 11) is 0. The Morgan fingerprint density at radius 2 is 2.31 bits per heavy atom. The predicted octanol–water partition coefficient (Wildman–Crippen LogP) is 1.42. The van der Waals surface area contributed by atoms with E-state index >= 15 is 0 Å². The van der Waals surface area contributed by atoms with Crippen molar-refractivity contribution in [2.75, 3.05) is 26.2 Å². The number of halogens is 1. The van der Waals surface area contributed by atoms with E-state index in [1.807, 2.05) is 6.08 Å². The molecule has 2 nitrogen and oxygen atoms in total. The van der Waals surface area contributed by atoms with Crippen LogP contribution in [0, 0.1) is 5.92 Å². The van der Waals surface area contributed by atoms with Crippen LogP contribution in [0.3, 0.4) is 0 Å². The van der Waals surface area contributed by atoms with Crippen molar-refractivity contribution >= 4 is 11.6 Å². The minimum absolute atomic E-state index is 0.765. The standard InChI is InChI=1S/C10H17ClN2/c11-4-1-6-13-7-5-12-8-10(13)9-2-3-9/h1,4,9-10,12H,2-3,5-8H2/b4-1+. The quantitative estimate of drug-likeness (QED) is 0.742. The largest absolute Gasteiger partial charge is 0.314 e. The summed E-state index contributed by atoms with van der Waals surface area (Å²) < 4.78 is 0. The zero-order chi connectivity index (χ0) is 9.10. The highest BCUT2D eigenvalue weighted by atomic mass is 35.5. The first kappa shape index (κ1) is 9.50. The molecule has 2 fully saturated rings. The number of hydrogen-bond acceptors (Lipinski definition) is 2. The predicted molar refractivity (Wildman–Crippen MR) is 55.9 cm³/mol. The summed E-state index contributed by atoms with van der Waals surface area (Å²) in [6.45, 7) is 4.48. The van der Waals surface area contributed by atoms with Gasteiger partial charge >= 0.3 is 0 Å². The fourth-order valence-electron chi connectivity index (χ4n) is 2.12. The lowest BCUT2D eigenvalue weighted by atomic mass is 10.1. The van der Waals surface area contributed by atoms with Crippen LogP contribution in [-0.2, 0) is 0 Å². The zero-order valence-corrected chi connectivity index (χ0v) is 8.63. The monoisotopic (exact) mass is 200 g/mol. The van der Waals surface area contributed by atoms with Crippen LogP contribution >= 0.6 is 11.6 Å². The zero-order valence-electron chi connectivity index (χ0n) is 7.88. The SMILES string of the molecule is Cl/C=C/CN1CCNCC1C1CC1. The third kappa shape index (κ3) is 2.46. The molecule has 1 unspecified atom stereocenters. The van der Waals surface area contributed by atoms with E-state index in [9.17, 15) is 0 Å². The molecule has 74 valence electrons. The molecule has 0 amide bonds. The maximum atomic E-state index is 5.54. The molecule has 1 saturated heterocycles. The van der Waals surface area contributed by atoms with Gasteiger partial charge in [0.25, 0.3) is 0 Å². The molecule has 0 aromatic rings. The second-order valence-corrected chi connectivity index (χ2v) is 4.22. The molecule has 2 rings (SSSR count). The molecule has 1 aliphatic carbocycles. The van der Waals surface area contributed by atoms with Crippen molar-refractivity contribution in [2.45, 2.75) is 18.9 Å². The first-order valence-corrected chi connectivity index (χ1v) is 5.55. The fourth-order valence-corrected chi connectivity index (χ4v) is 2.19. The number of piperazine rings is 1. The Labute approximate surface area is 84.9 Å². The van der Waals surface area contributed by atoms with Crippen molar-refractivity contribution in [1.29, 1.82) is 0 Å². The Kier molecular flexibility index (Phi) is 3.25. The summed E-state index contributed by atoms with van der Waals surface area (Å²) >= 11 is 5.54. The van der Waals surface area contributed by atoms with Gasteiger partial charge in [0.1, 0.15) is 0 Å². The maximum Gasteiger partial charge on any atom is 0.0252 e. The van der Waals surface area contributed by atoms with Gasteiger partial charge in [-0.2, -0.15) is 0 Å². The van der Waals surface area contributed by atoms with Crippen molar-refractivity contribution in [3.8, 4) is 0 Å². The van der Waals surface area contributed by atoms with Crippen LogP contribution in [0.5, 0.6) is 0 Å². The van der Waals surface area contributed by atoms with Gasteiger partial charge < -0.3 is 5.32 Å². The maximum absolute atomic E-state index is 5.54. The van der Waals surface area contributed by atoms with Gasteiger partial charge in [-0.15, -0.1) is 0 Å². The number of nitrogens with zero attached hydrogens (tertiary/aromatic N) is 1. The van der Waals surface area contributed by atoms with Gasteiger partial charge in [-0.05, 0) is 18.8 Å². The van der Waals surface area contributed by atoms with Crippen LogP contribution in [-0.4, -0.2) is 37.1 Å². The van der Waals surface area contributed by atoms with Crippen LogP contribution in [0.15, 0.2) is 11.6 Å². The van der Waals surface area contributed by atoms with E-state index in [1.54, 1.807) is 5.54 Å². The van der Waals surface area contributed by atoms with Crippen molar-refractivity contribution in [3.05, 3.63) is 11.6 Å². The third-order valence-electron chi connectivity index (χ3n) is 2.99. The van der Waals surface area contributed by atoms with Crippen molar-refractivity contribution < 1.29 is 0 Å². The van der Waals surface area contributed by atoms with E-state index in [0.717, 1.165) is 25.0 Å². The van der Waals surface area contributed by atoms with Crippen LogP contribution in [0.2, 0.25) is 0 Å². The highest BCUT2D eigenvalue weighted by Gasteiger charge is 2.35. The molecule has 0 bridgehead atoms. The number of rotatable bonds is 3. The van der Waals surface area contributed by atoms with E-state index in [1.165, 1.54) is 25.9 Å². The Hall–Kier alpha value is -0.0500. The highest BCUT2D eigenvalue weighted by Crippen LogP contribution is 2.35. The Balaban J connectivity index is 1.87. The van der Waals surface area contributed by atoms with Gasteiger partial charge in [-0.3, -0.25) is 4.90 Å². The van der Waals surface area contributed by atoms with Gasteiger partial charge in [0.05, 0.1) is 0 Å². The molecule has 0 aromatic heterocycles. The summed E-state index contributed by atoms with van der Waals surface area (Å²) in [6.07, 6.45) is 4.89. The average molecular weight is 201 g/mol. The second kappa shape index (κ2) is 4.45. The minimum Gasteiger partial charge on any atom is -0.314 e. The van der Waals surface area contributed by atoms with Gasteiger partial charge in [0.15, 0.2) is 0 Å². The van der Waals surface area contributed by atoms with E-state index in [2.05, 4.69) is 10.2 Å². The van der Waals surface area contributed by atoms with Crippen molar-refractivity contribution in [3.63, 3.8) is 0 Å². The van der Waals surface area contributed by atoms with Gasteiger partial charge in [-0.25, -0.2) is 0 Å². The molecule has 1 aliphatic heterocycles. The number of nitrogens with one attached hydrogen (secondary N) is 1. The Morgan fingerprint density at radius 3 is 3.00 bits per heavy atom. The lowest BCUT2D eigenvalue weighted by molar-refractivity contribution is 0.160. The van der Waals surface area contributed by atoms with Crippen LogP contribution in [0.25, 0.3) is 0 Å². The van der Waals surface area contributed by atoms with E-state index in [4.69, 9.17) is 11.6 Å². The van der Waals surface area contributed by atoms with E-state index < -0.39 is 0 Å². The molecule has 0 radical (unpaired) electrons. The average Bonchev–Trinajstić information content (AvgIpc) is 2.98. The summed E-state index contributed by atoms with van der Waals surface area (Å²) in [5.74, 6) is 0.955. The molecule has 1 N–H and O–H groups in total. The van der Waals surface area contributed by atoms with Gasteiger partial charge in [0, 0.05) is 37.8 Å². The first-order chi connectivity index (χ1) is 6.42. The van der Waals surface area contributed by atoms with E-state index in [-0.39, 0.29) is 0 Å². The Bertz CT molecular complexity index is 189. The topological polar surface area (TPSA) is 15.3 Å². The van der Waals surface area contributed by atoms with Crippen molar-refractivity contribution in [1.82, 2.24) is 10.2 Å². The van der Waals surface area contributed by atoms with Crippen LogP contribution in [0.1, 0.15) is 12.8 Å². The molecule has 0 spiro atoms. The summed E-state index contributed by atoms with van der Waals surface area (Å²) in [6, 6.07) is 0.765. The highest BCUT2D eigenvalue weighted by molar-refractivity contribution is 6.25. The number of hydrogen-bond donors (Lipinski definition) is 1. The summed E-state index contributed by atoms with van der Waals surface area (Å²) in [5.41, 5.74) is 1.63. The molecule has 1 saturated carbocycles. The second-order valence-electron chi connectivity index (χ2n) is 3.97. The molecule has 13 heavy (non-hydrogen) atoms. The molecule has 3 heteroatoms. The molecule has 0 aromatic carbocycles. The van der Waals surface area contributed by atoms with E-state index in [0.29, 0.717) is 0 Å². The summed E-state index contributed by atoms with van der Waals surface area (Å²) in [4.78, 5) is 2.55. The molecule has 1 atom stereocenters. The lowest BCUT2D eigenvalue weighted by Gasteiger charge is -2.35. The van der Waals surface area contributed by atoms with Crippen molar-refractivity contribution in [2.24, 2.45) is 5.92 Å². The molecule has 1 heterocycles. The molecule has 2 aliphatic rings. The van der Waals surface area contributed by atoms with Crippen LogP contribution < -0.4 is 5.32 Å². The van der Waals surface area contributed by atoms with Gasteiger partial charge in [-0.1, -0.05) is 17.7 Å². The van der Waals surface area contributed by atoms with Crippen LogP contribution in [0.4, 0.5) is 0 Å². The first-order valence-electron chi connectivity index (χ1n) is 5.12. The smallest absolute Gasteiger partial charge is 0.0252 e. The normalized spacial score (nSPS) is 31.3. The minimum atomic E-state index is 0.765. The van der Waals surface area contributed by atoms with Gasteiger partial charge in [0.2, 0.25) is 0 Å². The molecular formula is C10H17ClN2.